The average Bonchev–Trinajstić information content (AvgIpc) is 4.13. The fourth-order valence-corrected chi connectivity index (χ4v) is 9.68. The maximum atomic E-state index is 15.6. The summed E-state index contributed by atoms with van der Waals surface area (Å²) in [6, 6.07) is 13.4. The number of aromatic nitrogens is 2. The van der Waals surface area contributed by atoms with Crippen LogP contribution in [0.2, 0.25) is 0 Å². The van der Waals surface area contributed by atoms with Crippen LogP contribution in [-0.2, 0) is 39.3 Å². The van der Waals surface area contributed by atoms with E-state index in [4.69, 9.17) is 19.2 Å². The molecule has 2 aliphatic heterocycles. The second-order valence-electron chi connectivity index (χ2n) is 16.9. The molecule has 3 heterocycles. The van der Waals surface area contributed by atoms with E-state index in [0.717, 1.165) is 31.4 Å². The normalized spacial score (nSPS) is 21.1. The predicted octanol–water partition coefficient (Wildman–Crippen LogP) is 6.88. The van der Waals surface area contributed by atoms with Gasteiger partial charge in [-0.2, -0.15) is 8.78 Å². The monoisotopic (exact) mass is 901 g/mol. The summed E-state index contributed by atoms with van der Waals surface area (Å²) in [6.45, 7) is 4.75. The van der Waals surface area contributed by atoms with Crippen LogP contribution >= 0.6 is 0 Å². The number of hydrogen-bond acceptors (Lipinski definition) is 10. The first kappa shape index (κ1) is 46.8. The van der Waals surface area contributed by atoms with E-state index in [1.807, 2.05) is 29.2 Å². The van der Waals surface area contributed by atoms with E-state index in [1.54, 1.807) is 36.9 Å². The second-order valence-corrected chi connectivity index (χ2v) is 16.9. The SMILES string of the molecule is COC(=O)NC(C(=O)N1CCC2CCCCC21)C(C)OC.COC(=O)NC(C(=O)N1CCCC1c1nc2ccc(-c3ccc4c(c3)C(F)(F)c3cc(NC=O)ccc3-4)cc2[nH]1)C(C)OC. The number of alkyl halides is 2. The third-order valence-electron chi connectivity index (χ3n) is 13.3. The summed E-state index contributed by atoms with van der Waals surface area (Å²) in [7, 11) is 5.53. The molecule has 5 amide bonds. The molecule has 65 heavy (non-hydrogen) atoms. The standard InChI is InChI=1S/C32H31F2N5O5.C15H26N2O4/c1-17(43-2)28(38-31(42)44-3)30(41)39-12-4-5-27(39)29-36-25-11-7-19(14-26(25)37-29)18-6-9-21-22-10-8-20(35-16-40)15-24(22)32(33,34)23(21)13-18;1-10(20-2)13(16-15(19)21-3)14(18)17-9-8-11-6-4-5-7-12(11)17/h6-11,13-17,27-28H,4-5,12H2,1-3H3,(H,35,40)(H,36,37)(H,38,42);10-13H,4-9H2,1-3H3,(H,16,19). The van der Waals surface area contributed by atoms with Gasteiger partial charge in [0.1, 0.15) is 17.9 Å². The van der Waals surface area contributed by atoms with Crippen molar-refractivity contribution in [3.05, 3.63) is 71.5 Å². The van der Waals surface area contributed by atoms with E-state index in [0.29, 0.717) is 70.6 Å². The number of ether oxygens (including phenoxy) is 4. The van der Waals surface area contributed by atoms with Crippen molar-refractivity contribution in [3.8, 4) is 22.3 Å². The highest BCUT2D eigenvalue weighted by molar-refractivity contribution is 5.89. The Morgan fingerprint density at radius 2 is 1.35 bits per heavy atom. The predicted molar refractivity (Wildman–Crippen MR) is 237 cm³/mol. The zero-order valence-electron chi connectivity index (χ0n) is 37.5. The zero-order valence-corrected chi connectivity index (χ0v) is 37.5. The number of likely N-dealkylation sites (tertiary alicyclic amines) is 2. The summed E-state index contributed by atoms with van der Waals surface area (Å²) in [5.41, 5.74) is 3.65. The van der Waals surface area contributed by atoms with Crippen molar-refractivity contribution < 1.29 is 51.7 Å². The van der Waals surface area contributed by atoms with Crippen LogP contribution in [0.15, 0.2) is 54.6 Å². The summed E-state index contributed by atoms with van der Waals surface area (Å²) in [5.74, 6) is -2.36. The van der Waals surface area contributed by atoms with E-state index < -0.39 is 36.3 Å². The number of H-pyrrole nitrogens is 1. The molecular formula is C47H57F2N7O9. The van der Waals surface area contributed by atoms with Crippen LogP contribution in [0.5, 0.6) is 0 Å². The van der Waals surface area contributed by atoms with Gasteiger partial charge in [-0.1, -0.05) is 37.1 Å². The molecule has 4 aliphatic rings. The largest absolute Gasteiger partial charge is 0.453 e. The molecule has 7 atom stereocenters. The van der Waals surface area contributed by atoms with Crippen LogP contribution in [0.25, 0.3) is 33.3 Å². The molecule has 0 bridgehead atoms. The minimum atomic E-state index is -3.23. The number of methoxy groups -OCH3 is 4. The lowest BCUT2D eigenvalue weighted by atomic mass is 9.85. The number of nitrogens with one attached hydrogen (secondary N) is 4. The van der Waals surface area contributed by atoms with Gasteiger partial charge in [0.2, 0.25) is 18.2 Å². The molecule has 1 saturated carbocycles. The van der Waals surface area contributed by atoms with Gasteiger partial charge in [0, 0.05) is 50.2 Å². The highest BCUT2D eigenvalue weighted by atomic mass is 19.3. The number of carbonyl (C=O) groups is 5. The number of benzene rings is 3. The van der Waals surface area contributed by atoms with Gasteiger partial charge in [0.15, 0.2) is 0 Å². The third kappa shape index (κ3) is 9.50. The van der Waals surface area contributed by atoms with Crippen LogP contribution < -0.4 is 16.0 Å². The summed E-state index contributed by atoms with van der Waals surface area (Å²) in [6.07, 6.45) is 5.38. The van der Waals surface area contributed by atoms with Crippen LogP contribution in [-0.4, -0.2) is 122 Å². The number of aromatic amines is 1. The quantitative estimate of drug-likeness (QED) is 0.109. The molecule has 0 radical (unpaired) electrons. The van der Waals surface area contributed by atoms with E-state index in [2.05, 4.69) is 25.7 Å². The fraction of sp³-hybridized carbons (Fsp3) is 0.489. The lowest BCUT2D eigenvalue weighted by molar-refractivity contribution is -0.138. The van der Waals surface area contributed by atoms with Crippen molar-refractivity contribution >= 4 is 47.1 Å². The lowest BCUT2D eigenvalue weighted by Gasteiger charge is -2.35. The molecule has 4 N–H and O–H groups in total. The molecule has 18 heteroatoms. The lowest BCUT2D eigenvalue weighted by Crippen LogP contribution is -2.55. The van der Waals surface area contributed by atoms with Gasteiger partial charge >= 0.3 is 12.2 Å². The first-order valence-corrected chi connectivity index (χ1v) is 22.0. The first-order chi connectivity index (χ1) is 31.2. The molecule has 8 rings (SSSR count). The van der Waals surface area contributed by atoms with Gasteiger partial charge in [-0.25, -0.2) is 14.6 Å². The van der Waals surface area contributed by atoms with Crippen LogP contribution in [0.1, 0.15) is 81.8 Å². The van der Waals surface area contributed by atoms with Gasteiger partial charge in [0.05, 0.1) is 43.5 Å². The molecule has 3 fully saturated rings. The Labute approximate surface area is 376 Å². The number of anilines is 1. The number of rotatable bonds is 12. The number of halogens is 2. The third-order valence-corrected chi connectivity index (χ3v) is 13.3. The minimum Gasteiger partial charge on any atom is -0.453 e. The van der Waals surface area contributed by atoms with Gasteiger partial charge in [0.25, 0.3) is 5.92 Å². The summed E-state index contributed by atoms with van der Waals surface area (Å²) in [5, 5.41) is 7.63. The smallest absolute Gasteiger partial charge is 0.407 e. The number of carbonyl (C=O) groups excluding carboxylic acids is 5. The highest BCUT2D eigenvalue weighted by Gasteiger charge is 2.45. The number of hydrogen-bond donors (Lipinski definition) is 4. The molecule has 2 aliphatic carbocycles. The number of alkyl carbamates (subject to hydrolysis) is 2. The Balaban J connectivity index is 0.000000251. The maximum absolute atomic E-state index is 15.6. The van der Waals surface area contributed by atoms with Gasteiger partial charge in [-0.05, 0) is 104 Å². The highest BCUT2D eigenvalue weighted by Crippen LogP contribution is 2.52. The number of amides is 5. The molecule has 7 unspecified atom stereocenters. The van der Waals surface area contributed by atoms with Gasteiger partial charge < -0.3 is 49.7 Å². The van der Waals surface area contributed by atoms with E-state index >= 15 is 8.78 Å². The molecule has 0 spiro atoms. The molecular weight excluding hydrogens is 845 g/mol. The molecule has 1 aromatic heterocycles. The Bertz CT molecular complexity index is 2410. The Hall–Kier alpha value is -6.14. The van der Waals surface area contributed by atoms with Crippen molar-refractivity contribution in [3.63, 3.8) is 0 Å². The number of nitrogens with zero attached hydrogens (tertiary/aromatic N) is 3. The van der Waals surface area contributed by atoms with Crippen LogP contribution in [0.3, 0.4) is 0 Å². The molecule has 2 saturated heterocycles. The molecule has 3 aromatic carbocycles. The van der Waals surface area contributed by atoms with Crippen molar-refractivity contribution in [1.82, 2.24) is 30.4 Å². The van der Waals surface area contributed by atoms with Crippen molar-refractivity contribution in [1.29, 1.82) is 0 Å². The average molecular weight is 902 g/mol. The number of imidazole rings is 1. The van der Waals surface area contributed by atoms with Gasteiger partial charge in [-0.3, -0.25) is 14.4 Å². The minimum absolute atomic E-state index is 0.0517. The van der Waals surface area contributed by atoms with Crippen LogP contribution in [0.4, 0.5) is 24.1 Å². The summed E-state index contributed by atoms with van der Waals surface area (Å²) >= 11 is 0. The van der Waals surface area contributed by atoms with Crippen molar-refractivity contribution in [2.24, 2.45) is 5.92 Å². The maximum Gasteiger partial charge on any atom is 0.407 e. The number of fused-ring (bicyclic) bond motifs is 5. The second kappa shape index (κ2) is 19.9. The molecule has 348 valence electrons. The summed E-state index contributed by atoms with van der Waals surface area (Å²) < 4.78 is 51.1. The van der Waals surface area contributed by atoms with Crippen molar-refractivity contribution in [2.75, 3.05) is 46.8 Å². The van der Waals surface area contributed by atoms with E-state index in [9.17, 15) is 24.0 Å². The first-order valence-electron chi connectivity index (χ1n) is 22.0. The van der Waals surface area contributed by atoms with Crippen molar-refractivity contribution in [2.45, 2.75) is 101 Å². The molecule has 16 nitrogen and oxygen atoms in total. The topological polar surface area (TPSA) is 194 Å². The molecule has 4 aromatic rings. The fourth-order valence-electron chi connectivity index (χ4n) is 9.68. The Morgan fingerprint density at radius 3 is 2.00 bits per heavy atom. The summed E-state index contributed by atoms with van der Waals surface area (Å²) in [4.78, 5) is 72.4. The van der Waals surface area contributed by atoms with E-state index in [-0.39, 0.29) is 35.1 Å². The van der Waals surface area contributed by atoms with Crippen LogP contribution in [0, 0.1) is 5.92 Å². The van der Waals surface area contributed by atoms with Gasteiger partial charge in [-0.15, -0.1) is 0 Å². The zero-order chi connectivity index (χ0) is 46.6. The van der Waals surface area contributed by atoms with E-state index in [1.165, 1.54) is 59.8 Å². The Morgan fingerprint density at radius 1 is 0.754 bits per heavy atom. The Kier molecular flexibility index (Phi) is 14.4.